The first-order chi connectivity index (χ1) is 13.6. The molecule has 0 radical (unpaired) electrons. The van der Waals surface area contributed by atoms with E-state index in [1.807, 2.05) is 29.2 Å². The van der Waals surface area contributed by atoms with Crippen molar-refractivity contribution in [1.29, 1.82) is 0 Å². The van der Waals surface area contributed by atoms with E-state index in [-0.39, 0.29) is 5.91 Å². The summed E-state index contributed by atoms with van der Waals surface area (Å²) in [5.74, 6) is -0.0671. The molecule has 5 heteroatoms. The van der Waals surface area contributed by atoms with Gasteiger partial charge in [-0.15, -0.1) is 0 Å². The van der Waals surface area contributed by atoms with Crippen molar-refractivity contribution in [3.63, 3.8) is 0 Å². The van der Waals surface area contributed by atoms with E-state index in [0.29, 0.717) is 28.7 Å². The zero-order valence-corrected chi connectivity index (χ0v) is 17.5. The van der Waals surface area contributed by atoms with Crippen LogP contribution >= 0.6 is 23.2 Å². The Morgan fingerprint density at radius 2 is 1.82 bits per heavy atom. The average molecular weight is 415 g/mol. The van der Waals surface area contributed by atoms with Gasteiger partial charge in [0.15, 0.2) is 0 Å². The molecule has 3 aromatic rings. The smallest absolute Gasteiger partial charge is 0.255 e. The quantitative estimate of drug-likeness (QED) is 0.425. The molecule has 1 heterocycles. The van der Waals surface area contributed by atoms with E-state index in [2.05, 4.69) is 35.9 Å². The number of unbranched alkanes of at least 4 members (excludes halogenated alkanes) is 1. The molecule has 0 aliphatic carbocycles. The van der Waals surface area contributed by atoms with Gasteiger partial charge in [0.2, 0.25) is 0 Å². The standard InChI is InChI=1S/C23H24Cl2N2O/c1-2-3-13-27(23(28)21-12-11-19(24)15-22(21)25)17-20-10-7-14-26(20)16-18-8-5-4-6-9-18/h4-12,14-15H,2-3,13,16-17H2,1H3. The Hall–Kier alpha value is -2.23. The number of hydrogen-bond donors (Lipinski definition) is 0. The summed E-state index contributed by atoms with van der Waals surface area (Å²) in [6, 6.07) is 19.4. The molecule has 28 heavy (non-hydrogen) atoms. The van der Waals surface area contributed by atoms with Gasteiger partial charge in [0.25, 0.3) is 5.91 Å². The normalized spacial score (nSPS) is 10.8. The van der Waals surface area contributed by atoms with E-state index in [1.165, 1.54) is 5.56 Å². The van der Waals surface area contributed by atoms with E-state index in [0.717, 1.165) is 25.1 Å². The van der Waals surface area contributed by atoms with E-state index < -0.39 is 0 Å². The lowest BCUT2D eigenvalue weighted by Crippen LogP contribution is -2.32. The summed E-state index contributed by atoms with van der Waals surface area (Å²) in [6.07, 6.45) is 4.01. The maximum Gasteiger partial charge on any atom is 0.255 e. The summed E-state index contributed by atoms with van der Waals surface area (Å²) in [5, 5.41) is 0.914. The van der Waals surface area contributed by atoms with Crippen LogP contribution in [0.3, 0.4) is 0 Å². The van der Waals surface area contributed by atoms with Gasteiger partial charge in [0, 0.05) is 30.0 Å². The van der Waals surface area contributed by atoms with E-state index in [4.69, 9.17) is 23.2 Å². The molecule has 0 aliphatic rings. The van der Waals surface area contributed by atoms with Crippen molar-refractivity contribution in [2.24, 2.45) is 0 Å². The molecule has 3 nitrogen and oxygen atoms in total. The Morgan fingerprint density at radius 3 is 2.54 bits per heavy atom. The minimum atomic E-state index is -0.0671. The summed E-state index contributed by atoms with van der Waals surface area (Å²) in [4.78, 5) is 15.0. The number of carbonyl (C=O) groups excluding carboxylic acids is 1. The number of hydrogen-bond acceptors (Lipinski definition) is 1. The fourth-order valence-electron chi connectivity index (χ4n) is 3.16. The second-order valence-electron chi connectivity index (χ2n) is 6.82. The predicted octanol–water partition coefficient (Wildman–Crippen LogP) is 6.29. The van der Waals surface area contributed by atoms with E-state index in [1.54, 1.807) is 18.2 Å². The molecule has 2 aromatic carbocycles. The van der Waals surface area contributed by atoms with Crippen molar-refractivity contribution < 1.29 is 4.79 Å². The third-order valence-electron chi connectivity index (χ3n) is 4.70. The van der Waals surface area contributed by atoms with Crippen LogP contribution in [0.4, 0.5) is 0 Å². The van der Waals surface area contributed by atoms with Crippen molar-refractivity contribution in [3.8, 4) is 0 Å². The van der Waals surface area contributed by atoms with Gasteiger partial charge in [-0.1, -0.05) is 66.9 Å². The topological polar surface area (TPSA) is 25.2 Å². The highest BCUT2D eigenvalue weighted by molar-refractivity contribution is 6.36. The van der Waals surface area contributed by atoms with Crippen LogP contribution in [0.5, 0.6) is 0 Å². The Morgan fingerprint density at radius 1 is 1.04 bits per heavy atom. The molecule has 0 fully saturated rings. The molecule has 0 unspecified atom stereocenters. The van der Waals surface area contributed by atoms with Gasteiger partial charge in [-0.05, 0) is 42.3 Å². The van der Waals surface area contributed by atoms with Crippen LogP contribution in [0.1, 0.15) is 41.4 Å². The summed E-state index contributed by atoms with van der Waals surface area (Å²) in [5.41, 5.74) is 2.81. The van der Waals surface area contributed by atoms with Gasteiger partial charge in [0.1, 0.15) is 0 Å². The van der Waals surface area contributed by atoms with Crippen molar-refractivity contribution in [3.05, 3.63) is 93.7 Å². The number of carbonyl (C=O) groups is 1. The number of nitrogens with zero attached hydrogens (tertiary/aromatic N) is 2. The minimum Gasteiger partial charge on any atom is -0.345 e. The molecule has 146 valence electrons. The number of halogens is 2. The lowest BCUT2D eigenvalue weighted by Gasteiger charge is -2.24. The number of aromatic nitrogens is 1. The van der Waals surface area contributed by atoms with Crippen LogP contribution in [0, 0.1) is 0 Å². The van der Waals surface area contributed by atoms with Crippen molar-refractivity contribution in [2.75, 3.05) is 6.54 Å². The maximum atomic E-state index is 13.2. The SMILES string of the molecule is CCCCN(Cc1cccn1Cc1ccccc1)C(=O)c1ccc(Cl)cc1Cl. The Kier molecular flexibility index (Phi) is 7.18. The van der Waals surface area contributed by atoms with Crippen molar-refractivity contribution in [2.45, 2.75) is 32.9 Å². The predicted molar refractivity (Wildman–Crippen MR) is 116 cm³/mol. The maximum absolute atomic E-state index is 13.2. The lowest BCUT2D eigenvalue weighted by molar-refractivity contribution is 0.0737. The molecular weight excluding hydrogens is 391 g/mol. The van der Waals surface area contributed by atoms with Crippen LogP contribution in [0.15, 0.2) is 66.9 Å². The number of benzene rings is 2. The molecule has 1 aromatic heterocycles. The summed E-state index contributed by atoms with van der Waals surface area (Å²) < 4.78 is 2.19. The van der Waals surface area contributed by atoms with Gasteiger partial charge in [0.05, 0.1) is 17.1 Å². The van der Waals surface area contributed by atoms with Crippen molar-refractivity contribution in [1.82, 2.24) is 9.47 Å². The molecular formula is C23H24Cl2N2O. The molecule has 0 aliphatic heterocycles. The first-order valence-corrected chi connectivity index (χ1v) is 10.3. The highest BCUT2D eigenvalue weighted by atomic mass is 35.5. The van der Waals surface area contributed by atoms with E-state index >= 15 is 0 Å². The fourth-order valence-corrected chi connectivity index (χ4v) is 3.65. The second kappa shape index (κ2) is 9.81. The van der Waals surface area contributed by atoms with Crippen LogP contribution in [0.25, 0.3) is 0 Å². The van der Waals surface area contributed by atoms with Crippen LogP contribution in [-0.4, -0.2) is 21.9 Å². The molecule has 0 atom stereocenters. The molecule has 0 bridgehead atoms. The van der Waals surface area contributed by atoms with Gasteiger partial charge in [-0.25, -0.2) is 0 Å². The Bertz CT molecular complexity index is 921. The van der Waals surface area contributed by atoms with Gasteiger partial charge < -0.3 is 9.47 Å². The second-order valence-corrected chi connectivity index (χ2v) is 7.66. The summed E-state index contributed by atoms with van der Waals surface area (Å²) in [7, 11) is 0. The van der Waals surface area contributed by atoms with E-state index in [9.17, 15) is 4.79 Å². The third-order valence-corrected chi connectivity index (χ3v) is 5.25. The first kappa shape index (κ1) is 20.5. The molecule has 1 amide bonds. The molecule has 0 N–H and O–H groups in total. The van der Waals surface area contributed by atoms with Crippen LogP contribution in [-0.2, 0) is 13.1 Å². The number of rotatable bonds is 8. The fraction of sp³-hybridized carbons (Fsp3) is 0.261. The van der Waals surface area contributed by atoms with Crippen molar-refractivity contribution >= 4 is 29.1 Å². The highest BCUT2D eigenvalue weighted by Gasteiger charge is 2.20. The minimum absolute atomic E-state index is 0.0671. The van der Waals surface area contributed by atoms with Crippen LogP contribution in [0.2, 0.25) is 10.0 Å². The highest BCUT2D eigenvalue weighted by Crippen LogP contribution is 2.23. The van der Waals surface area contributed by atoms with Gasteiger partial charge >= 0.3 is 0 Å². The third kappa shape index (κ3) is 5.18. The Labute approximate surface area is 176 Å². The largest absolute Gasteiger partial charge is 0.345 e. The van der Waals surface area contributed by atoms with Crippen LogP contribution < -0.4 is 0 Å². The van der Waals surface area contributed by atoms with Gasteiger partial charge in [-0.2, -0.15) is 0 Å². The summed E-state index contributed by atoms with van der Waals surface area (Å²) >= 11 is 12.3. The molecule has 3 rings (SSSR count). The zero-order valence-electron chi connectivity index (χ0n) is 15.9. The molecule has 0 saturated carbocycles. The monoisotopic (exact) mass is 414 g/mol. The Balaban J connectivity index is 1.81. The average Bonchev–Trinajstić information content (AvgIpc) is 3.12. The molecule has 0 spiro atoms. The molecule has 0 saturated heterocycles. The zero-order chi connectivity index (χ0) is 19.9. The number of amides is 1. The lowest BCUT2D eigenvalue weighted by atomic mass is 10.1. The van der Waals surface area contributed by atoms with Gasteiger partial charge in [-0.3, -0.25) is 4.79 Å². The first-order valence-electron chi connectivity index (χ1n) is 9.50. The summed E-state index contributed by atoms with van der Waals surface area (Å²) in [6.45, 7) is 4.12.